The molecule has 0 atom stereocenters. The second-order valence-corrected chi connectivity index (χ2v) is 6.24. The molecule has 0 aliphatic carbocycles. The van der Waals surface area contributed by atoms with E-state index in [0.29, 0.717) is 6.61 Å². The van der Waals surface area contributed by atoms with Crippen LogP contribution in [0.2, 0.25) is 0 Å². The average molecular weight is 362 g/mol. The summed E-state index contributed by atoms with van der Waals surface area (Å²) in [6.45, 7) is 8.38. The van der Waals surface area contributed by atoms with Crippen LogP contribution in [0.25, 0.3) is 0 Å². The van der Waals surface area contributed by atoms with Crippen molar-refractivity contribution in [3.8, 4) is 5.75 Å². The first-order valence-electron chi connectivity index (χ1n) is 9.32. The van der Waals surface area contributed by atoms with Gasteiger partial charge in [0.05, 0.1) is 6.61 Å². The summed E-state index contributed by atoms with van der Waals surface area (Å²) in [7, 11) is 0. The third kappa shape index (κ3) is 5.20. The Morgan fingerprint density at radius 2 is 1.70 bits per heavy atom. The molecule has 1 N–H and O–H groups in total. The van der Waals surface area contributed by atoms with Gasteiger partial charge in [-0.3, -0.25) is 0 Å². The molecule has 3 aromatic rings. The summed E-state index contributed by atoms with van der Waals surface area (Å²) in [5.74, 6) is 3.31. The van der Waals surface area contributed by atoms with Gasteiger partial charge < -0.3 is 15.0 Å². The lowest BCUT2D eigenvalue weighted by Gasteiger charge is -2.23. The van der Waals surface area contributed by atoms with E-state index in [0.717, 1.165) is 42.0 Å². The van der Waals surface area contributed by atoms with Gasteiger partial charge in [-0.1, -0.05) is 30.3 Å². The number of aryl methyl sites for hydroxylation is 1. The number of aromatic nitrogens is 2. The maximum absolute atomic E-state index is 5.49. The molecule has 0 bridgehead atoms. The van der Waals surface area contributed by atoms with E-state index < -0.39 is 0 Å². The Morgan fingerprint density at radius 3 is 2.37 bits per heavy atom. The summed E-state index contributed by atoms with van der Waals surface area (Å²) in [5.41, 5.74) is 2.23. The molecule has 1 aromatic heterocycles. The predicted molar refractivity (Wildman–Crippen MR) is 111 cm³/mol. The minimum atomic E-state index is 0.662. The van der Waals surface area contributed by atoms with E-state index in [1.165, 1.54) is 5.56 Å². The topological polar surface area (TPSA) is 50.3 Å². The Bertz CT molecular complexity index is 850. The molecule has 3 rings (SSSR count). The Morgan fingerprint density at radius 1 is 0.963 bits per heavy atom. The maximum atomic E-state index is 5.49. The predicted octanol–water partition coefficient (Wildman–Crippen LogP) is 4.95. The number of nitrogens with zero attached hydrogens (tertiary/aromatic N) is 3. The third-order valence-electron chi connectivity index (χ3n) is 4.18. The van der Waals surface area contributed by atoms with E-state index in [2.05, 4.69) is 51.4 Å². The molecule has 2 aromatic carbocycles. The number of hydrogen-bond acceptors (Lipinski definition) is 5. The van der Waals surface area contributed by atoms with Crippen LogP contribution in [0.1, 0.15) is 25.2 Å². The normalized spacial score (nSPS) is 10.5. The van der Waals surface area contributed by atoms with E-state index >= 15 is 0 Å². The summed E-state index contributed by atoms with van der Waals surface area (Å²) in [5, 5.41) is 3.36. The van der Waals surface area contributed by atoms with Crippen LogP contribution in [0.15, 0.2) is 60.7 Å². The molecule has 0 unspecified atom stereocenters. The van der Waals surface area contributed by atoms with Gasteiger partial charge in [-0.2, -0.15) is 0 Å². The van der Waals surface area contributed by atoms with E-state index in [1.54, 1.807) is 0 Å². The summed E-state index contributed by atoms with van der Waals surface area (Å²) >= 11 is 0. The quantitative estimate of drug-likeness (QED) is 0.614. The minimum absolute atomic E-state index is 0.662. The second kappa shape index (κ2) is 9.03. The number of hydrogen-bond donors (Lipinski definition) is 1. The lowest BCUT2D eigenvalue weighted by atomic mass is 10.2. The lowest BCUT2D eigenvalue weighted by molar-refractivity contribution is 0.340. The first kappa shape index (κ1) is 18.7. The molecule has 0 amide bonds. The Kier molecular flexibility index (Phi) is 6.26. The van der Waals surface area contributed by atoms with Crippen LogP contribution in [0.5, 0.6) is 5.75 Å². The zero-order valence-corrected chi connectivity index (χ0v) is 16.1. The highest BCUT2D eigenvalue weighted by molar-refractivity contribution is 5.60. The molecule has 27 heavy (non-hydrogen) atoms. The highest BCUT2D eigenvalue weighted by Crippen LogP contribution is 2.23. The van der Waals surface area contributed by atoms with Crippen molar-refractivity contribution in [1.82, 2.24) is 9.97 Å². The van der Waals surface area contributed by atoms with Crippen LogP contribution in [0.4, 0.5) is 17.3 Å². The summed E-state index contributed by atoms with van der Waals surface area (Å²) in [4.78, 5) is 11.4. The number of anilines is 3. The number of benzene rings is 2. The van der Waals surface area contributed by atoms with Crippen molar-refractivity contribution in [2.45, 2.75) is 27.3 Å². The van der Waals surface area contributed by atoms with Gasteiger partial charge in [0.1, 0.15) is 23.2 Å². The third-order valence-corrected chi connectivity index (χ3v) is 4.18. The lowest BCUT2D eigenvalue weighted by Crippen LogP contribution is -2.23. The molecule has 0 fully saturated rings. The highest BCUT2D eigenvalue weighted by Gasteiger charge is 2.10. The van der Waals surface area contributed by atoms with Crippen LogP contribution in [0.3, 0.4) is 0 Å². The Hall–Kier alpha value is -3.08. The summed E-state index contributed by atoms with van der Waals surface area (Å²) in [6.07, 6.45) is 0. The molecule has 140 valence electrons. The van der Waals surface area contributed by atoms with Crippen molar-refractivity contribution in [3.05, 3.63) is 72.1 Å². The fourth-order valence-corrected chi connectivity index (χ4v) is 2.89. The first-order chi connectivity index (χ1) is 13.2. The van der Waals surface area contributed by atoms with E-state index in [1.807, 2.05) is 50.2 Å². The second-order valence-electron chi connectivity index (χ2n) is 6.24. The molecule has 5 nitrogen and oxygen atoms in total. The van der Waals surface area contributed by atoms with Crippen molar-refractivity contribution in [2.24, 2.45) is 0 Å². The van der Waals surface area contributed by atoms with Gasteiger partial charge in [-0.25, -0.2) is 9.97 Å². The van der Waals surface area contributed by atoms with Crippen LogP contribution < -0.4 is 15.0 Å². The molecular formula is C22H26N4O. The monoisotopic (exact) mass is 362 g/mol. The Labute approximate surface area is 161 Å². The maximum Gasteiger partial charge on any atom is 0.136 e. The SMILES string of the molecule is CCOc1ccc(Nc2cc(N(CC)Cc3ccccc3)nc(C)n2)cc1. The van der Waals surface area contributed by atoms with E-state index in [-0.39, 0.29) is 0 Å². The molecule has 5 heteroatoms. The van der Waals surface area contributed by atoms with E-state index in [4.69, 9.17) is 4.74 Å². The van der Waals surface area contributed by atoms with Crippen LogP contribution in [-0.2, 0) is 6.54 Å². The van der Waals surface area contributed by atoms with Crippen molar-refractivity contribution in [1.29, 1.82) is 0 Å². The summed E-state index contributed by atoms with van der Waals surface area (Å²) < 4.78 is 5.49. The van der Waals surface area contributed by atoms with Crippen molar-refractivity contribution >= 4 is 17.3 Å². The van der Waals surface area contributed by atoms with Gasteiger partial charge in [0.2, 0.25) is 0 Å². The molecule has 0 aliphatic heterocycles. The summed E-state index contributed by atoms with van der Waals surface area (Å²) in [6, 6.07) is 20.3. The van der Waals surface area contributed by atoms with Gasteiger partial charge in [-0.15, -0.1) is 0 Å². The van der Waals surface area contributed by atoms with E-state index in [9.17, 15) is 0 Å². The van der Waals surface area contributed by atoms with Gasteiger partial charge in [0.25, 0.3) is 0 Å². The Balaban J connectivity index is 1.78. The highest BCUT2D eigenvalue weighted by atomic mass is 16.5. The van der Waals surface area contributed by atoms with Gasteiger partial charge in [0.15, 0.2) is 0 Å². The molecular weight excluding hydrogens is 336 g/mol. The zero-order valence-electron chi connectivity index (χ0n) is 16.1. The largest absolute Gasteiger partial charge is 0.494 e. The standard InChI is InChI=1S/C22H26N4O/c1-4-26(16-18-9-7-6-8-10-18)22-15-21(23-17(3)24-22)25-19-11-13-20(14-12-19)27-5-2/h6-15H,4-5,16H2,1-3H3,(H,23,24,25). The number of rotatable bonds is 8. The molecule has 0 radical (unpaired) electrons. The van der Waals surface area contributed by atoms with Gasteiger partial charge >= 0.3 is 0 Å². The van der Waals surface area contributed by atoms with Gasteiger partial charge in [0, 0.05) is 24.8 Å². The smallest absolute Gasteiger partial charge is 0.136 e. The fourth-order valence-electron chi connectivity index (χ4n) is 2.89. The minimum Gasteiger partial charge on any atom is -0.494 e. The molecule has 0 saturated carbocycles. The van der Waals surface area contributed by atoms with Gasteiger partial charge in [-0.05, 0) is 50.6 Å². The van der Waals surface area contributed by atoms with Crippen molar-refractivity contribution in [3.63, 3.8) is 0 Å². The first-order valence-corrected chi connectivity index (χ1v) is 9.32. The van der Waals surface area contributed by atoms with Crippen LogP contribution in [-0.4, -0.2) is 23.1 Å². The van der Waals surface area contributed by atoms with Crippen LogP contribution >= 0.6 is 0 Å². The van der Waals surface area contributed by atoms with Crippen molar-refractivity contribution in [2.75, 3.05) is 23.4 Å². The molecule has 1 heterocycles. The number of ether oxygens (including phenoxy) is 1. The fraction of sp³-hybridized carbons (Fsp3) is 0.273. The average Bonchev–Trinajstić information content (AvgIpc) is 2.68. The van der Waals surface area contributed by atoms with Crippen LogP contribution in [0, 0.1) is 6.92 Å². The molecule has 0 aliphatic rings. The molecule has 0 saturated heterocycles. The zero-order chi connectivity index (χ0) is 19.1. The molecule has 0 spiro atoms. The number of nitrogens with one attached hydrogen (secondary N) is 1. The van der Waals surface area contributed by atoms with Crippen molar-refractivity contribution < 1.29 is 4.74 Å².